The van der Waals surface area contributed by atoms with Gasteiger partial charge in [0.1, 0.15) is 0 Å². The Bertz CT molecular complexity index is 156. The van der Waals surface area contributed by atoms with Gasteiger partial charge in [-0.15, -0.1) is 12.6 Å². The molecule has 0 aliphatic heterocycles. The Morgan fingerprint density at radius 2 is 1.86 bits per heavy atom. The van der Waals surface area contributed by atoms with Crippen LogP contribution in [0.5, 0.6) is 0 Å². The molecular weight excluding hydrogens is 192 g/mol. The van der Waals surface area contributed by atoms with Gasteiger partial charge in [0.15, 0.2) is 5.12 Å². The van der Waals surface area contributed by atoms with Crippen molar-refractivity contribution in [2.45, 2.75) is 59.3 Å². The van der Waals surface area contributed by atoms with E-state index >= 15 is 0 Å². The standard InChI is InChI=1S/C12H24OS/c1-4-7-8-10(5-2)9-11(6-3)12(13)14/h10-11H,4-9H2,1-3H3,(H,13,14). The summed E-state index contributed by atoms with van der Waals surface area (Å²) in [4.78, 5) is 11.2. The summed E-state index contributed by atoms with van der Waals surface area (Å²) in [5, 5.41) is 0.0717. The highest BCUT2D eigenvalue weighted by Gasteiger charge is 2.17. The molecule has 2 heteroatoms. The Morgan fingerprint density at radius 3 is 2.21 bits per heavy atom. The summed E-state index contributed by atoms with van der Waals surface area (Å²) < 4.78 is 0. The minimum Gasteiger partial charge on any atom is -0.287 e. The van der Waals surface area contributed by atoms with E-state index in [1.54, 1.807) is 0 Å². The van der Waals surface area contributed by atoms with E-state index in [0.717, 1.165) is 18.8 Å². The molecule has 0 N–H and O–H groups in total. The number of carbonyl (C=O) groups is 1. The molecule has 0 saturated carbocycles. The molecule has 14 heavy (non-hydrogen) atoms. The Balaban J connectivity index is 3.94. The molecule has 0 aromatic carbocycles. The van der Waals surface area contributed by atoms with Crippen LogP contribution in [0.3, 0.4) is 0 Å². The normalized spacial score (nSPS) is 15.1. The molecule has 0 aromatic rings. The monoisotopic (exact) mass is 216 g/mol. The van der Waals surface area contributed by atoms with Crippen molar-refractivity contribution in [3.8, 4) is 0 Å². The Labute approximate surface area is 94.1 Å². The van der Waals surface area contributed by atoms with Crippen molar-refractivity contribution >= 4 is 17.7 Å². The second kappa shape index (κ2) is 8.34. The summed E-state index contributed by atoms with van der Waals surface area (Å²) in [6.45, 7) is 6.51. The fourth-order valence-corrected chi connectivity index (χ4v) is 2.11. The maximum atomic E-state index is 11.2. The SMILES string of the molecule is CCCCC(CC)CC(CC)C(=O)S. The van der Waals surface area contributed by atoms with E-state index in [1.807, 2.05) is 0 Å². The van der Waals surface area contributed by atoms with Crippen LogP contribution < -0.4 is 0 Å². The summed E-state index contributed by atoms with van der Waals surface area (Å²) >= 11 is 3.94. The number of unbranched alkanes of at least 4 members (excludes halogenated alkanes) is 1. The zero-order valence-electron chi connectivity index (χ0n) is 9.75. The van der Waals surface area contributed by atoms with E-state index in [4.69, 9.17) is 0 Å². The highest BCUT2D eigenvalue weighted by Crippen LogP contribution is 2.24. The van der Waals surface area contributed by atoms with E-state index in [9.17, 15) is 4.79 Å². The molecule has 0 amide bonds. The number of rotatable bonds is 8. The lowest BCUT2D eigenvalue weighted by Gasteiger charge is -2.19. The fourth-order valence-electron chi connectivity index (χ4n) is 1.83. The van der Waals surface area contributed by atoms with Crippen LogP contribution in [0.25, 0.3) is 0 Å². The van der Waals surface area contributed by atoms with Crippen molar-refractivity contribution in [3.05, 3.63) is 0 Å². The predicted molar refractivity (Wildman–Crippen MR) is 65.7 cm³/mol. The molecule has 0 spiro atoms. The van der Waals surface area contributed by atoms with Gasteiger partial charge >= 0.3 is 0 Å². The van der Waals surface area contributed by atoms with Crippen molar-refractivity contribution in [1.29, 1.82) is 0 Å². The first-order chi connectivity index (χ1) is 6.65. The van der Waals surface area contributed by atoms with Gasteiger partial charge in [-0.1, -0.05) is 46.5 Å². The molecule has 0 saturated heterocycles. The van der Waals surface area contributed by atoms with Gasteiger partial charge in [0.05, 0.1) is 0 Å². The minimum absolute atomic E-state index is 0.0717. The summed E-state index contributed by atoms with van der Waals surface area (Å²) in [5.74, 6) is 0.899. The lowest BCUT2D eigenvalue weighted by Crippen LogP contribution is -2.13. The first-order valence-electron chi connectivity index (χ1n) is 5.88. The molecule has 84 valence electrons. The van der Waals surface area contributed by atoms with Gasteiger partial charge < -0.3 is 0 Å². The van der Waals surface area contributed by atoms with Crippen LogP contribution in [0.4, 0.5) is 0 Å². The van der Waals surface area contributed by atoms with Crippen LogP contribution >= 0.6 is 12.6 Å². The molecule has 0 radical (unpaired) electrons. The lowest BCUT2D eigenvalue weighted by molar-refractivity contribution is -0.114. The molecule has 0 bridgehead atoms. The third kappa shape index (κ3) is 5.69. The number of hydrogen-bond donors (Lipinski definition) is 1. The van der Waals surface area contributed by atoms with Crippen molar-refractivity contribution in [2.24, 2.45) is 11.8 Å². The molecule has 0 aliphatic carbocycles. The molecule has 2 atom stereocenters. The van der Waals surface area contributed by atoms with Crippen molar-refractivity contribution in [1.82, 2.24) is 0 Å². The predicted octanol–water partition coefficient (Wildman–Crippen LogP) is 4.08. The third-order valence-electron chi connectivity index (χ3n) is 3.00. The Morgan fingerprint density at radius 1 is 1.21 bits per heavy atom. The molecule has 0 heterocycles. The quantitative estimate of drug-likeness (QED) is 0.605. The molecular formula is C12H24OS. The van der Waals surface area contributed by atoms with E-state index < -0.39 is 0 Å². The van der Waals surface area contributed by atoms with E-state index in [0.29, 0.717) is 0 Å². The fraction of sp³-hybridized carbons (Fsp3) is 0.917. The molecule has 2 unspecified atom stereocenters. The van der Waals surface area contributed by atoms with Crippen molar-refractivity contribution in [2.75, 3.05) is 0 Å². The summed E-state index contributed by atoms with van der Waals surface area (Å²) in [5.41, 5.74) is 0. The second-order valence-electron chi connectivity index (χ2n) is 4.10. The van der Waals surface area contributed by atoms with Gasteiger partial charge in [0.25, 0.3) is 0 Å². The number of carbonyl (C=O) groups excluding carboxylic acids is 1. The minimum atomic E-state index is 0.0717. The zero-order valence-corrected chi connectivity index (χ0v) is 10.6. The molecule has 0 fully saturated rings. The van der Waals surface area contributed by atoms with Crippen LogP contribution in [0, 0.1) is 11.8 Å². The van der Waals surface area contributed by atoms with E-state index in [2.05, 4.69) is 33.4 Å². The summed E-state index contributed by atoms with van der Waals surface area (Å²) in [7, 11) is 0. The summed E-state index contributed by atoms with van der Waals surface area (Å²) in [6, 6.07) is 0. The highest BCUT2D eigenvalue weighted by molar-refractivity contribution is 7.96. The third-order valence-corrected chi connectivity index (χ3v) is 3.37. The Kier molecular flexibility index (Phi) is 8.35. The zero-order chi connectivity index (χ0) is 11.0. The first kappa shape index (κ1) is 14.0. The smallest absolute Gasteiger partial charge is 0.188 e. The van der Waals surface area contributed by atoms with Gasteiger partial charge in [0.2, 0.25) is 0 Å². The number of thiol groups is 1. The first-order valence-corrected chi connectivity index (χ1v) is 6.33. The maximum Gasteiger partial charge on any atom is 0.188 e. The second-order valence-corrected chi connectivity index (χ2v) is 4.54. The Hall–Kier alpha value is 0.0200. The maximum absolute atomic E-state index is 11.2. The van der Waals surface area contributed by atoms with Crippen molar-refractivity contribution < 1.29 is 4.79 Å². The van der Waals surface area contributed by atoms with Crippen LogP contribution in [0.2, 0.25) is 0 Å². The lowest BCUT2D eigenvalue weighted by atomic mass is 9.88. The van der Waals surface area contributed by atoms with Gasteiger partial charge in [-0.25, -0.2) is 0 Å². The largest absolute Gasteiger partial charge is 0.287 e. The average Bonchev–Trinajstić information content (AvgIpc) is 2.18. The highest BCUT2D eigenvalue weighted by atomic mass is 32.1. The van der Waals surface area contributed by atoms with Crippen molar-refractivity contribution in [3.63, 3.8) is 0 Å². The molecule has 0 rings (SSSR count). The van der Waals surface area contributed by atoms with Gasteiger partial charge in [-0.05, 0) is 18.8 Å². The van der Waals surface area contributed by atoms with Crippen LogP contribution in [-0.4, -0.2) is 5.12 Å². The molecule has 1 nitrogen and oxygen atoms in total. The van der Waals surface area contributed by atoms with E-state index in [-0.39, 0.29) is 11.0 Å². The molecule has 0 aromatic heterocycles. The van der Waals surface area contributed by atoms with Gasteiger partial charge in [-0.2, -0.15) is 0 Å². The number of hydrogen-bond acceptors (Lipinski definition) is 1. The molecule has 0 aliphatic rings. The average molecular weight is 216 g/mol. The topological polar surface area (TPSA) is 17.1 Å². The van der Waals surface area contributed by atoms with Crippen LogP contribution in [-0.2, 0) is 4.79 Å². The van der Waals surface area contributed by atoms with Crippen LogP contribution in [0.15, 0.2) is 0 Å². The van der Waals surface area contributed by atoms with Gasteiger partial charge in [0, 0.05) is 5.92 Å². The van der Waals surface area contributed by atoms with Gasteiger partial charge in [-0.3, -0.25) is 4.79 Å². The van der Waals surface area contributed by atoms with E-state index in [1.165, 1.54) is 25.7 Å². The summed E-state index contributed by atoms with van der Waals surface area (Å²) in [6.07, 6.45) is 6.97. The van der Waals surface area contributed by atoms with Crippen LogP contribution in [0.1, 0.15) is 59.3 Å².